The maximum absolute atomic E-state index is 13.2. The van der Waals surface area contributed by atoms with Crippen LogP contribution in [0.1, 0.15) is 20.9 Å². The number of carbonyl (C=O) groups is 2. The first kappa shape index (κ1) is 18.7. The Morgan fingerprint density at radius 3 is 2.93 bits per heavy atom. The molecule has 6 nitrogen and oxygen atoms in total. The zero-order valence-corrected chi connectivity index (χ0v) is 16.4. The molecule has 4 rings (SSSR count). The minimum absolute atomic E-state index is 0.168. The number of nitrogens with zero attached hydrogens (tertiary/aromatic N) is 2. The summed E-state index contributed by atoms with van der Waals surface area (Å²) in [5.74, 6) is -0.745. The molecule has 0 saturated carbocycles. The number of thiazole rings is 1. The molecule has 0 spiro atoms. The highest BCUT2D eigenvalue weighted by atomic mass is 32.1. The van der Waals surface area contributed by atoms with Crippen molar-refractivity contribution in [2.45, 2.75) is 13.0 Å². The molecule has 0 atom stereocenters. The first-order valence-corrected chi connectivity index (χ1v) is 10.4. The van der Waals surface area contributed by atoms with Gasteiger partial charge in [-0.15, -0.1) is 11.3 Å². The summed E-state index contributed by atoms with van der Waals surface area (Å²) in [4.78, 5) is 32.0. The van der Waals surface area contributed by atoms with Gasteiger partial charge in [0.15, 0.2) is 5.13 Å². The van der Waals surface area contributed by atoms with Crippen molar-refractivity contribution in [3.8, 4) is 0 Å². The molecule has 2 N–H and O–H groups in total. The number of rotatable bonds is 5. The van der Waals surface area contributed by atoms with Gasteiger partial charge in [0.2, 0.25) is 5.91 Å². The quantitative estimate of drug-likeness (QED) is 0.667. The third kappa shape index (κ3) is 4.44. The molecule has 9 heteroatoms. The summed E-state index contributed by atoms with van der Waals surface area (Å²) in [5.41, 5.74) is 2.03. The van der Waals surface area contributed by atoms with Gasteiger partial charge in [0.1, 0.15) is 5.82 Å². The predicted octanol–water partition coefficient (Wildman–Crippen LogP) is 3.59. The minimum Gasteiger partial charge on any atom is -0.325 e. The number of halogens is 1. The van der Waals surface area contributed by atoms with E-state index in [1.54, 1.807) is 23.6 Å². The second-order valence-corrected chi connectivity index (χ2v) is 8.24. The predicted molar refractivity (Wildman–Crippen MR) is 108 cm³/mol. The summed E-state index contributed by atoms with van der Waals surface area (Å²) in [6.45, 7) is 1.51. The van der Waals surface area contributed by atoms with Gasteiger partial charge >= 0.3 is 0 Å². The summed E-state index contributed by atoms with van der Waals surface area (Å²) >= 11 is 2.90. The normalized spacial score (nSPS) is 13.8. The molecule has 3 aromatic rings. The molecule has 0 unspecified atom stereocenters. The van der Waals surface area contributed by atoms with Gasteiger partial charge in [-0.3, -0.25) is 19.8 Å². The molecule has 0 fully saturated rings. The fraction of sp³-hybridized carbons (Fsp3) is 0.211. The number of nitrogens with one attached hydrogen (secondary N) is 2. The van der Waals surface area contributed by atoms with Crippen LogP contribution >= 0.6 is 22.7 Å². The standard InChI is InChI=1S/C19H17FN4O2S2/c20-13-2-1-3-14(8-13)21-17(25)10-24-6-4-15-16(9-24)28-19(22-15)23-18(26)12-5-7-27-11-12/h1-3,5,7-8,11H,4,6,9-10H2,(H,21,25)(H,22,23,26). The second kappa shape index (κ2) is 8.17. The van der Waals surface area contributed by atoms with Crippen molar-refractivity contribution < 1.29 is 14.0 Å². The number of aromatic nitrogens is 1. The Morgan fingerprint density at radius 2 is 2.14 bits per heavy atom. The van der Waals surface area contributed by atoms with Crippen LogP contribution in [-0.2, 0) is 17.8 Å². The van der Waals surface area contributed by atoms with Crippen molar-refractivity contribution >= 4 is 45.3 Å². The van der Waals surface area contributed by atoms with E-state index in [0.717, 1.165) is 10.6 Å². The summed E-state index contributed by atoms with van der Waals surface area (Å²) in [5, 5.41) is 9.77. The van der Waals surface area contributed by atoms with Crippen molar-refractivity contribution in [3.05, 3.63) is 63.0 Å². The van der Waals surface area contributed by atoms with Crippen LogP contribution in [0.15, 0.2) is 41.1 Å². The number of benzene rings is 1. The monoisotopic (exact) mass is 416 g/mol. The largest absolute Gasteiger partial charge is 0.325 e. The van der Waals surface area contributed by atoms with E-state index in [0.29, 0.717) is 35.9 Å². The summed E-state index contributed by atoms with van der Waals surface area (Å²) < 4.78 is 13.2. The highest BCUT2D eigenvalue weighted by Gasteiger charge is 2.23. The van der Waals surface area contributed by atoms with Crippen molar-refractivity contribution in [2.24, 2.45) is 0 Å². The first-order chi connectivity index (χ1) is 13.6. The third-order valence-corrected chi connectivity index (χ3v) is 5.97. The summed E-state index contributed by atoms with van der Waals surface area (Å²) in [6, 6.07) is 7.60. The van der Waals surface area contributed by atoms with Gasteiger partial charge in [-0.25, -0.2) is 9.37 Å². The van der Waals surface area contributed by atoms with E-state index in [2.05, 4.69) is 15.6 Å². The highest BCUT2D eigenvalue weighted by Crippen LogP contribution is 2.28. The molecule has 0 aliphatic carbocycles. The van der Waals surface area contributed by atoms with Crippen LogP contribution in [0.3, 0.4) is 0 Å². The fourth-order valence-corrected chi connectivity index (χ4v) is 4.65. The van der Waals surface area contributed by atoms with E-state index < -0.39 is 0 Å². The van der Waals surface area contributed by atoms with Crippen molar-refractivity contribution in [3.63, 3.8) is 0 Å². The van der Waals surface area contributed by atoms with Crippen LogP contribution in [0.5, 0.6) is 0 Å². The molecule has 28 heavy (non-hydrogen) atoms. The highest BCUT2D eigenvalue weighted by molar-refractivity contribution is 7.16. The van der Waals surface area contributed by atoms with Crippen LogP contribution in [-0.4, -0.2) is 34.8 Å². The Morgan fingerprint density at radius 1 is 1.25 bits per heavy atom. The lowest BCUT2D eigenvalue weighted by atomic mass is 10.2. The molecule has 1 aliphatic rings. The molecule has 2 amide bonds. The van der Waals surface area contributed by atoms with Gasteiger partial charge in [-0.05, 0) is 29.6 Å². The number of thiophene rings is 1. The Kier molecular flexibility index (Phi) is 5.47. The number of hydrogen-bond acceptors (Lipinski definition) is 6. The molecule has 2 aromatic heterocycles. The number of amides is 2. The molecule has 0 saturated heterocycles. The first-order valence-electron chi connectivity index (χ1n) is 8.67. The van der Waals surface area contributed by atoms with E-state index in [-0.39, 0.29) is 24.2 Å². The summed E-state index contributed by atoms with van der Waals surface area (Å²) in [6.07, 6.45) is 0.716. The third-order valence-electron chi connectivity index (χ3n) is 4.29. The van der Waals surface area contributed by atoms with E-state index >= 15 is 0 Å². The molecule has 0 radical (unpaired) electrons. The molecule has 144 valence electrons. The average Bonchev–Trinajstić information content (AvgIpc) is 3.30. The van der Waals surface area contributed by atoms with Crippen LogP contribution < -0.4 is 10.6 Å². The molecule has 3 heterocycles. The van der Waals surface area contributed by atoms with Crippen LogP contribution in [0.4, 0.5) is 15.2 Å². The zero-order valence-electron chi connectivity index (χ0n) is 14.8. The lowest BCUT2D eigenvalue weighted by Crippen LogP contribution is -2.36. The molecule has 1 aromatic carbocycles. The topological polar surface area (TPSA) is 74.3 Å². The fourth-order valence-electron chi connectivity index (χ4n) is 2.97. The number of hydrogen-bond donors (Lipinski definition) is 2. The average molecular weight is 417 g/mol. The lowest BCUT2D eigenvalue weighted by Gasteiger charge is -2.25. The maximum Gasteiger partial charge on any atom is 0.258 e. The van der Waals surface area contributed by atoms with Crippen LogP contribution in [0.2, 0.25) is 0 Å². The Hall–Kier alpha value is -2.62. The van der Waals surface area contributed by atoms with Crippen LogP contribution in [0, 0.1) is 5.82 Å². The minimum atomic E-state index is -0.387. The molecular weight excluding hydrogens is 399 g/mol. The maximum atomic E-state index is 13.2. The van der Waals surface area contributed by atoms with E-state index in [4.69, 9.17) is 0 Å². The molecule has 1 aliphatic heterocycles. The van der Waals surface area contributed by atoms with Crippen molar-refractivity contribution in [2.75, 3.05) is 23.7 Å². The van der Waals surface area contributed by atoms with Crippen molar-refractivity contribution in [1.29, 1.82) is 0 Å². The van der Waals surface area contributed by atoms with Gasteiger partial charge in [-0.1, -0.05) is 6.07 Å². The Bertz CT molecular complexity index is 1000. The van der Waals surface area contributed by atoms with Gasteiger partial charge in [0, 0.05) is 35.5 Å². The van der Waals surface area contributed by atoms with Gasteiger partial charge < -0.3 is 5.32 Å². The van der Waals surface area contributed by atoms with Gasteiger partial charge in [0.25, 0.3) is 5.91 Å². The number of fused-ring (bicyclic) bond motifs is 1. The smallest absolute Gasteiger partial charge is 0.258 e. The molecular formula is C19H17FN4O2S2. The Balaban J connectivity index is 1.35. The van der Waals surface area contributed by atoms with E-state index in [1.807, 2.05) is 10.3 Å². The van der Waals surface area contributed by atoms with E-state index in [1.165, 1.54) is 34.8 Å². The molecule has 0 bridgehead atoms. The van der Waals surface area contributed by atoms with Crippen molar-refractivity contribution in [1.82, 2.24) is 9.88 Å². The van der Waals surface area contributed by atoms with Gasteiger partial charge in [0.05, 0.1) is 17.8 Å². The SMILES string of the molecule is O=C(CN1CCc2nc(NC(=O)c3ccsc3)sc2C1)Nc1cccc(F)c1. The summed E-state index contributed by atoms with van der Waals surface area (Å²) in [7, 11) is 0. The van der Waals surface area contributed by atoms with E-state index in [9.17, 15) is 14.0 Å². The van der Waals surface area contributed by atoms with Gasteiger partial charge in [-0.2, -0.15) is 11.3 Å². The second-order valence-electron chi connectivity index (χ2n) is 6.37. The zero-order chi connectivity index (χ0) is 19.5. The van der Waals surface area contributed by atoms with Crippen LogP contribution in [0.25, 0.3) is 0 Å². The number of carbonyl (C=O) groups excluding carboxylic acids is 2. The number of anilines is 2. The lowest BCUT2D eigenvalue weighted by molar-refractivity contribution is -0.117. The Labute approximate surface area is 169 Å².